The summed E-state index contributed by atoms with van der Waals surface area (Å²) in [6.45, 7) is 10.3. The summed E-state index contributed by atoms with van der Waals surface area (Å²) in [5.74, 6) is 4.54. The van der Waals surface area contributed by atoms with Gasteiger partial charge in [-0.15, -0.1) is 0 Å². The van der Waals surface area contributed by atoms with E-state index in [1.54, 1.807) is 47.6 Å². The largest absolute Gasteiger partial charge is 0.460 e. The van der Waals surface area contributed by atoms with Gasteiger partial charge in [0.15, 0.2) is 0 Å². The Bertz CT molecular complexity index is 737. The standard InChI is InChI=1S/C20H31N3O7/c1-19(2,3)29-17(24)11-15(22-18(25)30-20(4,5)6)10-14-9-13(12-28-21)7-8-16(14)23(26)27/h7-9,15H,10-12,21H2,1-6H3,(H,22,25)/t15-/m0/s1. The molecule has 0 spiro atoms. The van der Waals surface area contributed by atoms with Gasteiger partial charge >= 0.3 is 12.1 Å². The van der Waals surface area contributed by atoms with E-state index < -0.39 is 34.2 Å². The van der Waals surface area contributed by atoms with Gasteiger partial charge in [-0.25, -0.2) is 10.7 Å². The van der Waals surface area contributed by atoms with Crippen LogP contribution in [0.1, 0.15) is 59.1 Å². The molecule has 0 unspecified atom stereocenters. The number of esters is 1. The summed E-state index contributed by atoms with van der Waals surface area (Å²) >= 11 is 0. The smallest absolute Gasteiger partial charge is 0.407 e. The zero-order chi connectivity index (χ0) is 23.1. The van der Waals surface area contributed by atoms with Gasteiger partial charge in [-0.05, 0) is 59.2 Å². The summed E-state index contributed by atoms with van der Waals surface area (Å²) in [5, 5.41) is 14.1. The molecule has 3 N–H and O–H groups in total. The molecule has 30 heavy (non-hydrogen) atoms. The van der Waals surface area contributed by atoms with Crippen molar-refractivity contribution in [1.29, 1.82) is 0 Å². The van der Waals surface area contributed by atoms with Gasteiger partial charge in [0.05, 0.1) is 18.0 Å². The molecule has 0 aliphatic heterocycles. The molecule has 0 heterocycles. The lowest BCUT2D eigenvalue weighted by atomic mass is 9.99. The summed E-state index contributed by atoms with van der Waals surface area (Å²) in [6, 6.07) is 3.63. The first kappa shape index (κ1) is 25.3. The maximum Gasteiger partial charge on any atom is 0.407 e. The van der Waals surface area contributed by atoms with Crippen LogP contribution in [-0.2, 0) is 32.1 Å². The highest BCUT2D eigenvalue weighted by Crippen LogP contribution is 2.23. The number of nitro benzene ring substituents is 1. The number of alkyl carbamates (subject to hydrolysis) is 1. The van der Waals surface area contributed by atoms with Crippen LogP contribution in [0.4, 0.5) is 10.5 Å². The fourth-order valence-corrected chi connectivity index (χ4v) is 2.66. The fourth-order valence-electron chi connectivity index (χ4n) is 2.66. The molecule has 10 nitrogen and oxygen atoms in total. The third-order valence-corrected chi connectivity index (χ3v) is 3.61. The number of hydrogen-bond donors (Lipinski definition) is 2. The SMILES string of the molecule is CC(C)(C)OC(=O)C[C@H](Cc1cc(CON)ccc1[N+](=O)[O-])NC(=O)OC(C)(C)C. The summed E-state index contributed by atoms with van der Waals surface area (Å²) in [6.07, 6.45) is -0.918. The molecule has 0 saturated heterocycles. The van der Waals surface area contributed by atoms with Crippen molar-refractivity contribution in [3.63, 3.8) is 0 Å². The first-order chi connectivity index (χ1) is 13.7. The molecule has 0 aliphatic rings. The van der Waals surface area contributed by atoms with Gasteiger partial charge in [-0.2, -0.15) is 0 Å². The number of rotatable bonds is 8. The molecule has 1 aromatic carbocycles. The molecular weight excluding hydrogens is 394 g/mol. The number of nitro groups is 1. The van der Waals surface area contributed by atoms with E-state index in [4.69, 9.17) is 15.4 Å². The minimum absolute atomic E-state index is 0.00715. The monoisotopic (exact) mass is 425 g/mol. The Morgan fingerprint density at radius 1 is 1.13 bits per heavy atom. The number of nitrogens with two attached hydrogens (primary N) is 1. The second-order valence-corrected chi connectivity index (χ2v) is 8.87. The Labute approximate surface area is 176 Å². The van der Waals surface area contributed by atoms with Crippen molar-refractivity contribution >= 4 is 17.7 Å². The number of carbonyl (C=O) groups is 2. The van der Waals surface area contributed by atoms with Crippen molar-refractivity contribution in [2.45, 2.75) is 78.2 Å². The Morgan fingerprint density at radius 2 is 1.73 bits per heavy atom. The molecule has 0 aromatic heterocycles. The molecule has 0 aliphatic carbocycles. The van der Waals surface area contributed by atoms with Crippen LogP contribution in [0.2, 0.25) is 0 Å². The Morgan fingerprint density at radius 3 is 2.23 bits per heavy atom. The number of amides is 1. The molecule has 1 atom stereocenters. The average molecular weight is 425 g/mol. The number of nitrogens with one attached hydrogen (secondary N) is 1. The van der Waals surface area contributed by atoms with E-state index in [2.05, 4.69) is 10.2 Å². The van der Waals surface area contributed by atoms with E-state index in [1.165, 1.54) is 12.1 Å². The lowest BCUT2D eigenvalue weighted by Gasteiger charge is -2.25. The van der Waals surface area contributed by atoms with Crippen molar-refractivity contribution in [1.82, 2.24) is 5.32 Å². The highest BCUT2D eigenvalue weighted by atomic mass is 16.6. The van der Waals surface area contributed by atoms with E-state index in [1.807, 2.05) is 0 Å². The molecule has 0 bridgehead atoms. The number of benzene rings is 1. The van der Waals surface area contributed by atoms with Gasteiger partial charge in [0.1, 0.15) is 11.2 Å². The van der Waals surface area contributed by atoms with Gasteiger partial charge < -0.3 is 14.8 Å². The second kappa shape index (κ2) is 10.4. The third-order valence-electron chi connectivity index (χ3n) is 3.61. The molecule has 0 radical (unpaired) electrons. The summed E-state index contributed by atoms with van der Waals surface area (Å²) in [7, 11) is 0. The summed E-state index contributed by atoms with van der Waals surface area (Å²) < 4.78 is 10.6. The predicted molar refractivity (Wildman–Crippen MR) is 109 cm³/mol. The van der Waals surface area contributed by atoms with Gasteiger partial charge in [0.2, 0.25) is 0 Å². The molecule has 1 rings (SSSR count). The van der Waals surface area contributed by atoms with Gasteiger partial charge in [-0.3, -0.25) is 19.7 Å². The van der Waals surface area contributed by atoms with E-state index in [-0.39, 0.29) is 25.1 Å². The highest BCUT2D eigenvalue weighted by molar-refractivity contribution is 5.73. The van der Waals surface area contributed by atoms with Crippen molar-refractivity contribution < 1.29 is 28.8 Å². The summed E-state index contributed by atoms with van der Waals surface area (Å²) in [5.41, 5.74) is -0.662. The molecule has 0 saturated carbocycles. The van der Waals surface area contributed by atoms with Crippen LogP contribution >= 0.6 is 0 Å². The maximum absolute atomic E-state index is 12.3. The van der Waals surface area contributed by atoms with Crippen molar-refractivity contribution in [2.75, 3.05) is 0 Å². The normalized spacial score (nSPS) is 12.8. The van der Waals surface area contributed by atoms with Crippen LogP contribution in [0.5, 0.6) is 0 Å². The summed E-state index contributed by atoms with van der Waals surface area (Å²) in [4.78, 5) is 40.1. The molecule has 1 aromatic rings. The number of carbonyl (C=O) groups excluding carboxylic acids is 2. The van der Waals surface area contributed by atoms with Crippen LogP contribution in [0.3, 0.4) is 0 Å². The van der Waals surface area contributed by atoms with E-state index in [9.17, 15) is 19.7 Å². The van der Waals surface area contributed by atoms with Crippen molar-refractivity contribution in [3.8, 4) is 0 Å². The van der Waals surface area contributed by atoms with E-state index in [0.717, 1.165) is 0 Å². The van der Waals surface area contributed by atoms with Gasteiger partial charge in [0, 0.05) is 24.1 Å². The molecule has 0 fully saturated rings. The zero-order valence-electron chi connectivity index (χ0n) is 18.3. The van der Waals surface area contributed by atoms with Crippen LogP contribution in [0.25, 0.3) is 0 Å². The minimum atomic E-state index is -0.789. The van der Waals surface area contributed by atoms with Gasteiger partial charge in [-0.1, -0.05) is 0 Å². The molecule has 1 amide bonds. The minimum Gasteiger partial charge on any atom is -0.460 e. The first-order valence-electron chi connectivity index (χ1n) is 9.49. The van der Waals surface area contributed by atoms with Crippen molar-refractivity contribution in [2.24, 2.45) is 5.90 Å². The predicted octanol–water partition coefficient (Wildman–Crippen LogP) is 3.15. The van der Waals surface area contributed by atoms with Crippen LogP contribution in [0, 0.1) is 10.1 Å². The van der Waals surface area contributed by atoms with E-state index >= 15 is 0 Å². The van der Waals surface area contributed by atoms with E-state index in [0.29, 0.717) is 11.1 Å². The first-order valence-corrected chi connectivity index (χ1v) is 9.49. The third kappa shape index (κ3) is 9.66. The van der Waals surface area contributed by atoms with Crippen LogP contribution < -0.4 is 11.2 Å². The quantitative estimate of drug-likeness (QED) is 0.367. The lowest BCUT2D eigenvalue weighted by molar-refractivity contribution is -0.385. The number of hydrogen-bond acceptors (Lipinski definition) is 8. The maximum atomic E-state index is 12.3. The topological polar surface area (TPSA) is 143 Å². The Kier molecular flexibility index (Phi) is 8.74. The lowest BCUT2D eigenvalue weighted by Crippen LogP contribution is -2.42. The molecule has 168 valence electrons. The molecule has 10 heteroatoms. The zero-order valence-corrected chi connectivity index (χ0v) is 18.3. The average Bonchev–Trinajstić information content (AvgIpc) is 2.51. The second-order valence-electron chi connectivity index (χ2n) is 8.87. The molecular formula is C20H31N3O7. The Balaban J connectivity index is 3.14. The number of nitrogens with zero attached hydrogens (tertiary/aromatic N) is 1. The number of ether oxygens (including phenoxy) is 2. The van der Waals surface area contributed by atoms with Crippen molar-refractivity contribution in [3.05, 3.63) is 39.4 Å². The van der Waals surface area contributed by atoms with Crippen LogP contribution in [0.15, 0.2) is 18.2 Å². The highest BCUT2D eigenvalue weighted by Gasteiger charge is 2.27. The Hall–Kier alpha value is -2.72. The van der Waals surface area contributed by atoms with Crippen LogP contribution in [-0.4, -0.2) is 34.2 Å². The van der Waals surface area contributed by atoms with Gasteiger partial charge in [0.25, 0.3) is 5.69 Å². The fraction of sp³-hybridized carbons (Fsp3) is 0.600.